The molecule has 0 amide bonds. The largest absolute Gasteiger partial charge is 0.450 e. The fourth-order valence-corrected chi connectivity index (χ4v) is 5.32. The van der Waals surface area contributed by atoms with E-state index in [1.165, 1.54) is 30.8 Å². The predicted molar refractivity (Wildman–Crippen MR) is 91.1 cm³/mol. The summed E-state index contributed by atoms with van der Waals surface area (Å²) in [5.74, 6) is 0.617. The van der Waals surface area contributed by atoms with E-state index < -0.39 is 0 Å². The minimum absolute atomic E-state index is 0.104. The Kier molecular flexibility index (Phi) is 2.76. The normalized spacial score (nSPS) is 35.0. The molecule has 3 aliphatic heterocycles. The molecule has 6 nitrogen and oxygen atoms in total. The van der Waals surface area contributed by atoms with Crippen molar-refractivity contribution in [1.82, 2.24) is 9.97 Å². The van der Waals surface area contributed by atoms with Gasteiger partial charge in [0.1, 0.15) is 22.0 Å². The van der Waals surface area contributed by atoms with Crippen LogP contribution in [0.5, 0.6) is 0 Å². The van der Waals surface area contributed by atoms with Crippen molar-refractivity contribution >= 4 is 44.4 Å². The van der Waals surface area contributed by atoms with Gasteiger partial charge >= 0.3 is 0 Å². The number of halogens is 1. The van der Waals surface area contributed by atoms with Crippen molar-refractivity contribution in [2.24, 2.45) is 10.9 Å². The second kappa shape index (κ2) is 4.55. The van der Waals surface area contributed by atoms with Crippen LogP contribution in [0, 0.1) is 5.92 Å². The zero-order valence-corrected chi connectivity index (χ0v) is 14.3. The van der Waals surface area contributed by atoms with Gasteiger partial charge in [0.05, 0.1) is 32.6 Å². The molecule has 0 aliphatic carbocycles. The van der Waals surface area contributed by atoms with Gasteiger partial charge in [-0.15, -0.1) is 0 Å². The minimum Gasteiger partial charge on any atom is -0.450 e. The van der Waals surface area contributed by atoms with Gasteiger partial charge in [-0.3, -0.25) is 5.32 Å². The number of hydrogen-bond donors (Lipinski definition) is 1. The standard InChI is InChI=1S/C15H17ClN5OS/c1-21-5-4-9(6-21)15(8-21)7-17-13(22-15)20-14-18-10-2-3-11(16)19-12(10)23-14/h2-3,9H,4-8H2,1H3,(H,17,18,20)/q+1/t9-,15+,21+/m1/s1. The molecule has 2 fully saturated rings. The first-order chi connectivity index (χ1) is 11.0. The van der Waals surface area contributed by atoms with Crippen LogP contribution in [0.1, 0.15) is 6.42 Å². The molecule has 0 radical (unpaired) electrons. The van der Waals surface area contributed by atoms with Crippen molar-refractivity contribution in [2.45, 2.75) is 12.0 Å². The van der Waals surface area contributed by atoms with Crippen molar-refractivity contribution in [3.8, 4) is 0 Å². The zero-order chi connectivity index (χ0) is 15.7. The Hall–Kier alpha value is -1.44. The Morgan fingerprint density at radius 1 is 1.43 bits per heavy atom. The topological polar surface area (TPSA) is 59.4 Å². The van der Waals surface area contributed by atoms with Gasteiger partial charge in [0.2, 0.25) is 0 Å². The highest BCUT2D eigenvalue weighted by molar-refractivity contribution is 7.22. The van der Waals surface area contributed by atoms with Crippen molar-refractivity contribution in [3.63, 3.8) is 0 Å². The van der Waals surface area contributed by atoms with Gasteiger partial charge in [-0.05, 0) is 12.1 Å². The Labute approximate surface area is 142 Å². The van der Waals surface area contributed by atoms with Crippen molar-refractivity contribution in [2.75, 3.05) is 38.5 Å². The maximum atomic E-state index is 6.28. The second-order valence-electron chi connectivity index (χ2n) is 7.06. The summed E-state index contributed by atoms with van der Waals surface area (Å²) in [6, 6.07) is 4.22. The molecule has 2 aromatic rings. The van der Waals surface area contributed by atoms with Crippen LogP contribution >= 0.6 is 22.9 Å². The molecule has 2 aromatic heterocycles. The number of pyridine rings is 1. The van der Waals surface area contributed by atoms with E-state index >= 15 is 0 Å². The lowest BCUT2D eigenvalue weighted by atomic mass is 9.87. The maximum Gasteiger partial charge on any atom is 0.292 e. The van der Waals surface area contributed by atoms with Crippen LogP contribution in [-0.2, 0) is 4.74 Å². The van der Waals surface area contributed by atoms with Crippen molar-refractivity contribution in [1.29, 1.82) is 0 Å². The number of nitrogens with zero attached hydrogens (tertiary/aromatic N) is 4. The first-order valence-corrected chi connectivity index (χ1v) is 9.00. The predicted octanol–water partition coefficient (Wildman–Crippen LogP) is 2.36. The highest BCUT2D eigenvalue weighted by Gasteiger charge is 2.62. The summed E-state index contributed by atoms with van der Waals surface area (Å²) in [5, 5.41) is 4.44. The fourth-order valence-electron chi connectivity index (χ4n) is 4.29. The van der Waals surface area contributed by atoms with Gasteiger partial charge < -0.3 is 9.22 Å². The molecule has 2 saturated heterocycles. The summed E-state index contributed by atoms with van der Waals surface area (Å²) in [7, 11) is 2.33. The van der Waals surface area contributed by atoms with Crippen LogP contribution in [-0.4, -0.2) is 59.3 Å². The van der Waals surface area contributed by atoms with E-state index in [9.17, 15) is 0 Å². The number of amidine groups is 1. The summed E-state index contributed by atoms with van der Waals surface area (Å²) in [6.07, 6.45) is 1.24. The van der Waals surface area contributed by atoms with E-state index in [4.69, 9.17) is 16.3 Å². The number of rotatable bonds is 1. The molecule has 0 unspecified atom stereocenters. The molecule has 1 spiro atoms. The fraction of sp³-hybridized carbons (Fsp3) is 0.533. The molecule has 2 bridgehead atoms. The smallest absolute Gasteiger partial charge is 0.292 e. The molecule has 0 saturated carbocycles. The van der Waals surface area contributed by atoms with Gasteiger partial charge in [0.15, 0.2) is 10.7 Å². The number of fused-ring (bicyclic) bond motifs is 4. The Bertz CT molecular complexity index is 838. The third kappa shape index (κ3) is 2.14. The molecule has 3 atom stereocenters. The Morgan fingerprint density at radius 2 is 2.35 bits per heavy atom. The summed E-state index contributed by atoms with van der Waals surface area (Å²) >= 11 is 7.39. The minimum atomic E-state index is -0.104. The summed E-state index contributed by atoms with van der Waals surface area (Å²) in [4.78, 5) is 14.2. The van der Waals surface area contributed by atoms with Gasteiger partial charge in [-0.25, -0.2) is 15.0 Å². The van der Waals surface area contributed by atoms with Gasteiger partial charge in [0.25, 0.3) is 6.02 Å². The third-order valence-corrected chi connectivity index (χ3v) is 6.39. The molecule has 5 rings (SSSR count). The van der Waals surface area contributed by atoms with E-state index in [0.29, 0.717) is 17.1 Å². The van der Waals surface area contributed by atoms with E-state index in [0.717, 1.165) is 33.1 Å². The second-order valence-corrected chi connectivity index (χ2v) is 8.42. The Balaban J connectivity index is 1.35. The molecule has 5 heterocycles. The van der Waals surface area contributed by atoms with E-state index in [1.54, 1.807) is 6.07 Å². The molecular weight excluding hydrogens is 334 g/mol. The van der Waals surface area contributed by atoms with Crippen molar-refractivity contribution < 1.29 is 9.22 Å². The molecule has 1 N–H and O–H groups in total. The van der Waals surface area contributed by atoms with Crippen LogP contribution in [0.15, 0.2) is 17.1 Å². The highest BCUT2D eigenvalue weighted by atomic mass is 35.5. The van der Waals surface area contributed by atoms with Crippen LogP contribution in [0.2, 0.25) is 5.15 Å². The molecule has 120 valence electrons. The number of aliphatic imine (C=N–C) groups is 1. The average Bonchev–Trinajstić information content (AvgIpc) is 3.21. The SMILES string of the molecule is C[N@+]12CC[C@H](C1)[C@]1(CN=C(Nc3nc4ccc(Cl)nc4s3)O1)C2. The van der Waals surface area contributed by atoms with Gasteiger partial charge in [0, 0.05) is 6.42 Å². The Morgan fingerprint density at radius 3 is 3.13 bits per heavy atom. The number of piperidine rings is 1. The number of nitrogens with one attached hydrogen (secondary N) is 1. The van der Waals surface area contributed by atoms with E-state index in [2.05, 4.69) is 27.3 Å². The van der Waals surface area contributed by atoms with Crippen molar-refractivity contribution in [3.05, 3.63) is 17.3 Å². The van der Waals surface area contributed by atoms with Crippen LogP contribution < -0.4 is 5.32 Å². The summed E-state index contributed by atoms with van der Waals surface area (Å²) < 4.78 is 7.40. The maximum absolute atomic E-state index is 6.28. The quantitative estimate of drug-likeness (QED) is 0.633. The number of aromatic nitrogens is 2. The monoisotopic (exact) mass is 350 g/mol. The van der Waals surface area contributed by atoms with Crippen LogP contribution in [0.3, 0.4) is 0 Å². The number of quaternary nitrogens is 1. The number of likely N-dealkylation sites (N-methyl/N-ethyl adjacent to an activating group) is 1. The highest BCUT2D eigenvalue weighted by Crippen LogP contribution is 2.45. The number of ether oxygens (including phenoxy) is 1. The first-order valence-electron chi connectivity index (χ1n) is 7.81. The zero-order valence-electron chi connectivity index (χ0n) is 12.8. The van der Waals surface area contributed by atoms with E-state index in [1.807, 2.05) is 6.07 Å². The lowest BCUT2D eigenvalue weighted by Gasteiger charge is -2.34. The molecule has 23 heavy (non-hydrogen) atoms. The first kappa shape index (κ1) is 13.9. The average molecular weight is 351 g/mol. The lowest BCUT2D eigenvalue weighted by molar-refractivity contribution is -0.892. The van der Waals surface area contributed by atoms with E-state index in [-0.39, 0.29) is 5.60 Å². The summed E-state index contributed by atoms with van der Waals surface area (Å²) in [6.45, 7) is 4.29. The number of hydrogen-bond acceptors (Lipinski definition) is 6. The molecular formula is C15H17ClN5OS+. The summed E-state index contributed by atoms with van der Waals surface area (Å²) in [5.41, 5.74) is 0.729. The lowest BCUT2D eigenvalue weighted by Crippen LogP contribution is -2.51. The third-order valence-electron chi connectivity index (χ3n) is 5.30. The molecule has 0 aromatic carbocycles. The van der Waals surface area contributed by atoms with Crippen LogP contribution in [0.25, 0.3) is 10.3 Å². The number of anilines is 1. The number of thiazole rings is 1. The van der Waals surface area contributed by atoms with Gasteiger partial charge in [-0.1, -0.05) is 22.9 Å². The molecule has 8 heteroatoms. The van der Waals surface area contributed by atoms with Gasteiger partial charge in [-0.2, -0.15) is 0 Å². The van der Waals surface area contributed by atoms with Crippen LogP contribution in [0.4, 0.5) is 5.13 Å². The molecule has 3 aliphatic rings.